The van der Waals surface area contributed by atoms with Crippen molar-refractivity contribution in [2.75, 3.05) is 34.2 Å². The first-order valence-electron chi connectivity index (χ1n) is 6.37. The largest absolute Gasteiger partial charge is 0.454 e. The van der Waals surface area contributed by atoms with Crippen LogP contribution in [0.25, 0.3) is 0 Å². The van der Waals surface area contributed by atoms with Gasteiger partial charge in [0.15, 0.2) is 5.76 Å². The molecule has 108 valence electrons. The van der Waals surface area contributed by atoms with Gasteiger partial charge in [0.2, 0.25) is 0 Å². The number of hydrogen-bond acceptors (Lipinski definition) is 5. The number of nitrogens with one attached hydrogen (secondary N) is 1. The SMILES string of the molecule is Cc1cc(CN(C)CCCN(C)C)oc1C(=O)NN. The average Bonchev–Trinajstić information content (AvgIpc) is 2.68. The molecule has 0 saturated heterocycles. The van der Waals surface area contributed by atoms with E-state index in [1.165, 1.54) is 0 Å². The Morgan fingerprint density at radius 3 is 2.63 bits per heavy atom. The lowest BCUT2D eigenvalue weighted by atomic mass is 10.2. The third-order valence-electron chi connectivity index (χ3n) is 2.88. The maximum absolute atomic E-state index is 11.4. The Morgan fingerprint density at radius 1 is 1.37 bits per heavy atom. The smallest absolute Gasteiger partial charge is 0.301 e. The molecule has 6 heteroatoms. The van der Waals surface area contributed by atoms with Gasteiger partial charge in [0, 0.05) is 5.56 Å². The van der Waals surface area contributed by atoms with Crippen molar-refractivity contribution in [3.63, 3.8) is 0 Å². The van der Waals surface area contributed by atoms with Gasteiger partial charge >= 0.3 is 5.91 Å². The van der Waals surface area contributed by atoms with E-state index in [9.17, 15) is 4.79 Å². The molecule has 0 bridgehead atoms. The van der Waals surface area contributed by atoms with Crippen LogP contribution in [0.15, 0.2) is 10.5 Å². The molecule has 0 fully saturated rings. The summed E-state index contributed by atoms with van der Waals surface area (Å²) in [4.78, 5) is 15.8. The van der Waals surface area contributed by atoms with Crippen molar-refractivity contribution < 1.29 is 9.21 Å². The monoisotopic (exact) mass is 268 g/mol. The molecule has 0 aromatic carbocycles. The molecule has 1 aromatic rings. The molecule has 0 atom stereocenters. The number of aryl methyl sites for hydroxylation is 1. The fraction of sp³-hybridized carbons (Fsp3) is 0.615. The highest BCUT2D eigenvalue weighted by atomic mass is 16.4. The maximum atomic E-state index is 11.4. The molecular formula is C13H24N4O2. The summed E-state index contributed by atoms with van der Waals surface area (Å²) in [6, 6.07) is 1.88. The lowest BCUT2D eigenvalue weighted by Gasteiger charge is -2.16. The van der Waals surface area contributed by atoms with Gasteiger partial charge in [-0.15, -0.1) is 0 Å². The Labute approximate surface area is 114 Å². The van der Waals surface area contributed by atoms with Gasteiger partial charge in [-0.05, 0) is 53.6 Å². The number of carbonyl (C=O) groups is 1. The predicted molar refractivity (Wildman–Crippen MR) is 74.6 cm³/mol. The molecule has 0 radical (unpaired) electrons. The summed E-state index contributed by atoms with van der Waals surface area (Å²) in [6.07, 6.45) is 1.10. The molecule has 1 heterocycles. The first-order chi connectivity index (χ1) is 8.93. The van der Waals surface area contributed by atoms with E-state index in [2.05, 4.69) is 29.3 Å². The second-order valence-electron chi connectivity index (χ2n) is 5.09. The number of hydrazine groups is 1. The zero-order valence-electron chi connectivity index (χ0n) is 12.2. The van der Waals surface area contributed by atoms with Crippen LogP contribution in [-0.4, -0.2) is 49.9 Å². The molecule has 0 aliphatic carbocycles. The lowest BCUT2D eigenvalue weighted by Crippen LogP contribution is -2.30. The summed E-state index contributed by atoms with van der Waals surface area (Å²) >= 11 is 0. The minimum atomic E-state index is -0.390. The zero-order chi connectivity index (χ0) is 14.4. The molecule has 19 heavy (non-hydrogen) atoms. The molecule has 6 nitrogen and oxygen atoms in total. The van der Waals surface area contributed by atoms with E-state index in [-0.39, 0.29) is 5.91 Å². The van der Waals surface area contributed by atoms with Gasteiger partial charge in [-0.1, -0.05) is 0 Å². The van der Waals surface area contributed by atoms with E-state index >= 15 is 0 Å². The van der Waals surface area contributed by atoms with Gasteiger partial charge in [-0.25, -0.2) is 5.84 Å². The van der Waals surface area contributed by atoms with Crippen LogP contribution >= 0.6 is 0 Å². The molecule has 0 aliphatic rings. The Morgan fingerprint density at radius 2 is 2.05 bits per heavy atom. The Bertz CT molecular complexity index is 415. The van der Waals surface area contributed by atoms with Crippen LogP contribution in [0.2, 0.25) is 0 Å². The summed E-state index contributed by atoms with van der Waals surface area (Å²) in [7, 11) is 6.16. The van der Waals surface area contributed by atoms with Crippen molar-refractivity contribution in [2.45, 2.75) is 19.9 Å². The van der Waals surface area contributed by atoms with E-state index in [1.54, 1.807) is 0 Å². The van der Waals surface area contributed by atoms with E-state index < -0.39 is 0 Å². The first-order valence-corrected chi connectivity index (χ1v) is 6.37. The van der Waals surface area contributed by atoms with Crippen LogP contribution in [-0.2, 0) is 6.54 Å². The fourth-order valence-electron chi connectivity index (χ4n) is 1.92. The number of carbonyl (C=O) groups excluding carboxylic acids is 1. The third-order valence-corrected chi connectivity index (χ3v) is 2.88. The molecule has 1 amide bonds. The van der Waals surface area contributed by atoms with E-state index in [4.69, 9.17) is 10.3 Å². The summed E-state index contributed by atoms with van der Waals surface area (Å²) in [6.45, 7) is 4.56. The Balaban J connectivity index is 2.50. The van der Waals surface area contributed by atoms with E-state index in [0.717, 1.165) is 30.8 Å². The molecule has 1 rings (SSSR count). The van der Waals surface area contributed by atoms with Crippen LogP contribution in [0.3, 0.4) is 0 Å². The van der Waals surface area contributed by atoms with Crippen molar-refractivity contribution >= 4 is 5.91 Å². The van der Waals surface area contributed by atoms with E-state index in [1.807, 2.05) is 20.0 Å². The minimum Gasteiger partial charge on any atom is -0.454 e. The van der Waals surface area contributed by atoms with Gasteiger partial charge in [-0.2, -0.15) is 0 Å². The first kappa shape index (κ1) is 15.7. The second kappa shape index (κ2) is 7.28. The van der Waals surface area contributed by atoms with Gasteiger partial charge in [0.05, 0.1) is 6.54 Å². The predicted octanol–water partition coefficient (Wildman–Crippen LogP) is 0.575. The lowest BCUT2D eigenvalue weighted by molar-refractivity contribution is 0.0921. The number of amides is 1. The fourth-order valence-corrected chi connectivity index (χ4v) is 1.92. The Kier molecular flexibility index (Phi) is 6.01. The summed E-state index contributed by atoms with van der Waals surface area (Å²) < 4.78 is 5.52. The van der Waals surface area contributed by atoms with Gasteiger partial charge < -0.3 is 9.32 Å². The molecule has 0 spiro atoms. The molecule has 0 unspecified atom stereocenters. The van der Waals surface area contributed by atoms with E-state index in [0.29, 0.717) is 12.3 Å². The number of nitrogen functional groups attached to an aromatic ring is 1. The highest BCUT2D eigenvalue weighted by Crippen LogP contribution is 2.15. The summed E-state index contributed by atoms with van der Waals surface area (Å²) in [5, 5.41) is 0. The number of nitrogens with zero attached hydrogens (tertiary/aromatic N) is 2. The molecule has 0 saturated carbocycles. The van der Waals surface area contributed by atoms with Gasteiger partial charge in [0.25, 0.3) is 0 Å². The molecule has 3 N–H and O–H groups in total. The molecule has 1 aromatic heterocycles. The standard InChI is InChI=1S/C13H24N4O2/c1-10-8-11(19-12(10)13(18)15-14)9-17(4)7-5-6-16(2)3/h8H,5-7,9,14H2,1-4H3,(H,15,18). The zero-order valence-corrected chi connectivity index (χ0v) is 12.2. The van der Waals surface area contributed by atoms with Crippen molar-refractivity contribution in [1.29, 1.82) is 0 Å². The number of nitrogens with two attached hydrogens (primary N) is 1. The maximum Gasteiger partial charge on any atom is 0.301 e. The van der Waals surface area contributed by atoms with Crippen LogP contribution < -0.4 is 11.3 Å². The minimum absolute atomic E-state index is 0.291. The van der Waals surface area contributed by atoms with Crippen LogP contribution in [0.1, 0.15) is 28.3 Å². The number of rotatable bonds is 7. The van der Waals surface area contributed by atoms with Gasteiger partial charge in [0.1, 0.15) is 5.76 Å². The van der Waals surface area contributed by atoms with Crippen LogP contribution in [0, 0.1) is 6.92 Å². The second-order valence-corrected chi connectivity index (χ2v) is 5.09. The van der Waals surface area contributed by atoms with Crippen molar-refractivity contribution in [2.24, 2.45) is 5.84 Å². The average molecular weight is 268 g/mol. The molecular weight excluding hydrogens is 244 g/mol. The highest BCUT2D eigenvalue weighted by Gasteiger charge is 2.15. The number of furan rings is 1. The highest BCUT2D eigenvalue weighted by molar-refractivity contribution is 5.92. The van der Waals surface area contributed by atoms with Crippen LogP contribution in [0.5, 0.6) is 0 Å². The quantitative estimate of drug-likeness (QED) is 0.430. The normalized spacial score (nSPS) is 11.3. The third kappa shape index (κ3) is 5.02. The summed E-state index contributed by atoms with van der Waals surface area (Å²) in [5.41, 5.74) is 2.89. The van der Waals surface area contributed by atoms with Crippen LogP contribution in [0.4, 0.5) is 0 Å². The number of hydrogen-bond donors (Lipinski definition) is 2. The molecule has 0 aliphatic heterocycles. The van der Waals surface area contributed by atoms with Crippen molar-refractivity contribution in [3.8, 4) is 0 Å². The van der Waals surface area contributed by atoms with Gasteiger partial charge in [-0.3, -0.25) is 15.1 Å². The van der Waals surface area contributed by atoms with Crippen molar-refractivity contribution in [1.82, 2.24) is 15.2 Å². The summed E-state index contributed by atoms with van der Waals surface area (Å²) in [5.74, 6) is 5.78. The van der Waals surface area contributed by atoms with Crippen molar-refractivity contribution in [3.05, 3.63) is 23.2 Å². The topological polar surface area (TPSA) is 74.7 Å². The Hall–Kier alpha value is -1.37.